The van der Waals surface area contributed by atoms with Crippen molar-refractivity contribution in [1.29, 1.82) is 0 Å². The van der Waals surface area contributed by atoms with E-state index >= 15 is 0 Å². The lowest BCUT2D eigenvalue weighted by Crippen LogP contribution is -2.23. The molecule has 0 heterocycles. The van der Waals surface area contributed by atoms with E-state index in [9.17, 15) is 4.39 Å². The molecule has 3 heteroatoms. The Morgan fingerprint density at radius 1 is 1.20 bits per heavy atom. The highest BCUT2D eigenvalue weighted by Gasteiger charge is 2.26. The van der Waals surface area contributed by atoms with Crippen LogP contribution < -0.4 is 5.32 Å². The van der Waals surface area contributed by atoms with Crippen molar-refractivity contribution in [3.8, 4) is 0 Å². The standard InChI is InChI=1S/C17H17ClFN/c1-11(12-5-2-3-7-15(12)18)20-17-10-9-13-14(17)6-4-8-16(13)19/h2-8,11,17,20H,9-10H2,1H3. The molecule has 2 unspecified atom stereocenters. The van der Waals surface area contributed by atoms with Gasteiger partial charge in [0.1, 0.15) is 5.82 Å². The second-order valence-electron chi connectivity index (χ2n) is 5.31. The summed E-state index contributed by atoms with van der Waals surface area (Å²) in [6.07, 6.45) is 1.74. The lowest BCUT2D eigenvalue weighted by atomic mass is 10.0. The first-order chi connectivity index (χ1) is 9.66. The number of nitrogens with one attached hydrogen (secondary N) is 1. The molecule has 0 aromatic heterocycles. The van der Waals surface area contributed by atoms with E-state index in [1.807, 2.05) is 30.3 Å². The normalized spacial score (nSPS) is 18.9. The highest BCUT2D eigenvalue weighted by Crippen LogP contribution is 2.35. The van der Waals surface area contributed by atoms with E-state index in [0.717, 1.165) is 34.6 Å². The summed E-state index contributed by atoms with van der Waals surface area (Å²) in [6, 6.07) is 13.5. The molecule has 1 aliphatic carbocycles. The number of rotatable bonds is 3. The number of benzene rings is 2. The second kappa shape index (κ2) is 5.55. The molecule has 0 radical (unpaired) electrons. The van der Waals surface area contributed by atoms with Gasteiger partial charge in [-0.3, -0.25) is 0 Å². The lowest BCUT2D eigenvalue weighted by molar-refractivity contribution is 0.465. The zero-order chi connectivity index (χ0) is 14.1. The fraction of sp³-hybridized carbons (Fsp3) is 0.294. The monoisotopic (exact) mass is 289 g/mol. The molecule has 1 aliphatic rings. The summed E-state index contributed by atoms with van der Waals surface area (Å²) in [4.78, 5) is 0. The second-order valence-corrected chi connectivity index (χ2v) is 5.72. The summed E-state index contributed by atoms with van der Waals surface area (Å²) in [5, 5.41) is 4.34. The number of fused-ring (bicyclic) bond motifs is 1. The summed E-state index contributed by atoms with van der Waals surface area (Å²) in [5.74, 6) is -0.0859. The van der Waals surface area contributed by atoms with Crippen molar-refractivity contribution < 1.29 is 4.39 Å². The van der Waals surface area contributed by atoms with E-state index < -0.39 is 0 Å². The predicted octanol–water partition coefficient (Wildman–Crippen LogP) is 4.82. The van der Waals surface area contributed by atoms with Gasteiger partial charge in [-0.05, 0) is 48.6 Å². The molecule has 0 aliphatic heterocycles. The van der Waals surface area contributed by atoms with Crippen molar-refractivity contribution >= 4 is 11.6 Å². The van der Waals surface area contributed by atoms with Crippen molar-refractivity contribution in [3.63, 3.8) is 0 Å². The Bertz CT molecular complexity index is 626. The van der Waals surface area contributed by atoms with Gasteiger partial charge in [0, 0.05) is 17.1 Å². The Morgan fingerprint density at radius 2 is 2.00 bits per heavy atom. The first kappa shape index (κ1) is 13.6. The molecule has 0 fully saturated rings. The van der Waals surface area contributed by atoms with Crippen molar-refractivity contribution in [1.82, 2.24) is 5.32 Å². The van der Waals surface area contributed by atoms with E-state index in [0.29, 0.717) is 0 Å². The smallest absolute Gasteiger partial charge is 0.126 e. The molecule has 0 spiro atoms. The maximum atomic E-state index is 13.7. The Labute approximate surface area is 123 Å². The zero-order valence-electron chi connectivity index (χ0n) is 11.4. The van der Waals surface area contributed by atoms with Crippen molar-refractivity contribution in [2.75, 3.05) is 0 Å². The third-order valence-corrected chi connectivity index (χ3v) is 4.38. The molecule has 2 aromatic rings. The van der Waals surface area contributed by atoms with Crippen LogP contribution in [0.4, 0.5) is 4.39 Å². The topological polar surface area (TPSA) is 12.0 Å². The fourth-order valence-corrected chi connectivity index (χ4v) is 3.30. The van der Waals surface area contributed by atoms with Gasteiger partial charge in [-0.1, -0.05) is 41.9 Å². The molecule has 3 rings (SSSR count). The van der Waals surface area contributed by atoms with Gasteiger partial charge in [-0.2, -0.15) is 0 Å². The van der Waals surface area contributed by atoms with Crippen LogP contribution in [0.25, 0.3) is 0 Å². The van der Waals surface area contributed by atoms with Crippen molar-refractivity contribution in [3.05, 3.63) is 70.0 Å². The zero-order valence-corrected chi connectivity index (χ0v) is 12.1. The fourth-order valence-electron chi connectivity index (χ4n) is 3.00. The quantitative estimate of drug-likeness (QED) is 0.854. The summed E-state index contributed by atoms with van der Waals surface area (Å²) >= 11 is 6.23. The minimum Gasteiger partial charge on any atom is -0.303 e. The minimum absolute atomic E-state index is 0.0859. The molecular weight excluding hydrogens is 273 g/mol. The summed E-state index contributed by atoms with van der Waals surface area (Å²) in [6.45, 7) is 2.10. The molecule has 1 nitrogen and oxygen atoms in total. The predicted molar refractivity (Wildman–Crippen MR) is 80.5 cm³/mol. The van der Waals surface area contributed by atoms with Crippen LogP contribution in [0, 0.1) is 5.82 Å². The van der Waals surface area contributed by atoms with E-state index in [2.05, 4.69) is 12.2 Å². The van der Waals surface area contributed by atoms with Crippen LogP contribution >= 0.6 is 11.6 Å². The van der Waals surface area contributed by atoms with Crippen LogP contribution in [-0.2, 0) is 6.42 Å². The van der Waals surface area contributed by atoms with Gasteiger partial charge >= 0.3 is 0 Å². The molecular formula is C17H17ClFN. The van der Waals surface area contributed by atoms with Crippen LogP contribution in [0.1, 0.15) is 42.1 Å². The minimum atomic E-state index is -0.0859. The Morgan fingerprint density at radius 3 is 2.80 bits per heavy atom. The number of hydrogen-bond acceptors (Lipinski definition) is 1. The SMILES string of the molecule is CC(NC1CCc2c(F)cccc21)c1ccccc1Cl. The van der Waals surface area contributed by atoms with Gasteiger partial charge in [-0.25, -0.2) is 4.39 Å². The van der Waals surface area contributed by atoms with Crippen molar-refractivity contribution in [2.24, 2.45) is 0 Å². The van der Waals surface area contributed by atoms with Crippen LogP contribution in [0.5, 0.6) is 0 Å². The highest BCUT2D eigenvalue weighted by atomic mass is 35.5. The molecule has 2 atom stereocenters. The highest BCUT2D eigenvalue weighted by molar-refractivity contribution is 6.31. The largest absolute Gasteiger partial charge is 0.303 e. The van der Waals surface area contributed by atoms with Crippen LogP contribution in [0.15, 0.2) is 42.5 Å². The maximum absolute atomic E-state index is 13.7. The van der Waals surface area contributed by atoms with Crippen molar-refractivity contribution in [2.45, 2.75) is 31.8 Å². The Balaban J connectivity index is 1.81. The maximum Gasteiger partial charge on any atom is 0.126 e. The van der Waals surface area contributed by atoms with Gasteiger partial charge < -0.3 is 5.32 Å². The van der Waals surface area contributed by atoms with Crippen LogP contribution in [-0.4, -0.2) is 0 Å². The van der Waals surface area contributed by atoms with Gasteiger partial charge in [0.15, 0.2) is 0 Å². The lowest BCUT2D eigenvalue weighted by Gasteiger charge is -2.21. The first-order valence-corrected chi connectivity index (χ1v) is 7.32. The third kappa shape index (κ3) is 2.46. The van der Waals surface area contributed by atoms with Crippen LogP contribution in [0.2, 0.25) is 5.02 Å². The van der Waals surface area contributed by atoms with E-state index in [4.69, 9.17) is 11.6 Å². The van der Waals surface area contributed by atoms with Gasteiger partial charge in [0.05, 0.1) is 0 Å². The summed E-state index contributed by atoms with van der Waals surface area (Å²) in [5.41, 5.74) is 3.03. The molecule has 0 saturated heterocycles. The van der Waals surface area contributed by atoms with E-state index in [-0.39, 0.29) is 17.9 Å². The van der Waals surface area contributed by atoms with Gasteiger partial charge in [0.25, 0.3) is 0 Å². The Hall–Kier alpha value is -1.38. The van der Waals surface area contributed by atoms with Gasteiger partial charge in [0.2, 0.25) is 0 Å². The molecule has 0 amide bonds. The summed E-state index contributed by atoms with van der Waals surface area (Å²) < 4.78 is 13.7. The molecule has 104 valence electrons. The van der Waals surface area contributed by atoms with Crippen LogP contribution in [0.3, 0.4) is 0 Å². The van der Waals surface area contributed by atoms with E-state index in [1.165, 1.54) is 0 Å². The number of halogens is 2. The molecule has 0 saturated carbocycles. The first-order valence-electron chi connectivity index (χ1n) is 6.94. The molecule has 1 N–H and O–H groups in total. The van der Waals surface area contributed by atoms with E-state index in [1.54, 1.807) is 12.1 Å². The Kier molecular flexibility index (Phi) is 3.77. The molecule has 2 aromatic carbocycles. The average Bonchev–Trinajstić information content (AvgIpc) is 2.84. The molecule has 20 heavy (non-hydrogen) atoms. The average molecular weight is 290 g/mol. The molecule has 0 bridgehead atoms. The van der Waals surface area contributed by atoms with Gasteiger partial charge in [-0.15, -0.1) is 0 Å². The third-order valence-electron chi connectivity index (χ3n) is 4.04. The summed E-state index contributed by atoms with van der Waals surface area (Å²) in [7, 11) is 0. The number of hydrogen-bond donors (Lipinski definition) is 1.